The Morgan fingerprint density at radius 2 is 2.18 bits per heavy atom. The first-order valence-corrected chi connectivity index (χ1v) is 3.16. The van der Waals surface area contributed by atoms with Gasteiger partial charge in [0.05, 0.1) is 6.04 Å². The molecular formula is C7H7N3O. The minimum atomic E-state index is -0.200. The molecule has 0 fully saturated rings. The molecule has 0 amide bonds. The van der Waals surface area contributed by atoms with E-state index in [0.717, 1.165) is 5.56 Å². The molecule has 0 aliphatic carbocycles. The Labute approximate surface area is 64.0 Å². The van der Waals surface area contributed by atoms with Crippen molar-refractivity contribution in [1.82, 2.24) is 9.97 Å². The Morgan fingerprint density at radius 3 is 2.73 bits per heavy atom. The molecule has 0 aliphatic rings. The van der Waals surface area contributed by atoms with Crippen molar-refractivity contribution in [2.24, 2.45) is 4.99 Å². The van der Waals surface area contributed by atoms with E-state index in [9.17, 15) is 4.79 Å². The summed E-state index contributed by atoms with van der Waals surface area (Å²) in [6, 6.07) is -0.200. The molecule has 1 aromatic rings. The number of isocyanates is 1. The summed E-state index contributed by atoms with van der Waals surface area (Å²) in [4.78, 5) is 20.9. The van der Waals surface area contributed by atoms with E-state index in [1.54, 1.807) is 19.3 Å². The normalized spacial score (nSPS) is 11.7. The molecular weight excluding hydrogens is 142 g/mol. The molecule has 0 saturated heterocycles. The maximum Gasteiger partial charge on any atom is 0.235 e. The first-order valence-electron chi connectivity index (χ1n) is 3.16. The van der Waals surface area contributed by atoms with E-state index in [1.807, 2.05) is 0 Å². The number of aromatic nitrogens is 2. The second kappa shape index (κ2) is 3.58. The van der Waals surface area contributed by atoms with Gasteiger partial charge < -0.3 is 0 Å². The molecule has 0 radical (unpaired) electrons. The molecule has 0 aromatic carbocycles. The molecule has 1 atom stereocenters. The fourth-order valence-corrected chi connectivity index (χ4v) is 0.680. The third-order valence-corrected chi connectivity index (χ3v) is 1.31. The summed E-state index contributed by atoms with van der Waals surface area (Å²) in [5.41, 5.74) is 0.816. The van der Waals surface area contributed by atoms with Crippen LogP contribution in [0.4, 0.5) is 0 Å². The van der Waals surface area contributed by atoms with Crippen LogP contribution in [0.15, 0.2) is 23.7 Å². The molecule has 1 unspecified atom stereocenters. The number of rotatable bonds is 2. The zero-order valence-electron chi connectivity index (χ0n) is 6.06. The fraction of sp³-hybridized carbons (Fsp3) is 0.286. The summed E-state index contributed by atoms with van der Waals surface area (Å²) in [5.74, 6) is 0. The largest absolute Gasteiger partial charge is 0.244 e. The SMILES string of the molecule is CC(N=C=O)c1cncnc1. The van der Waals surface area contributed by atoms with Crippen LogP contribution < -0.4 is 0 Å². The Morgan fingerprint density at radius 1 is 1.55 bits per heavy atom. The molecule has 1 aromatic heterocycles. The van der Waals surface area contributed by atoms with Crippen LogP contribution in [0.1, 0.15) is 18.5 Å². The van der Waals surface area contributed by atoms with E-state index in [4.69, 9.17) is 0 Å². The van der Waals surface area contributed by atoms with Crippen molar-refractivity contribution >= 4 is 6.08 Å². The predicted molar refractivity (Wildman–Crippen MR) is 38.6 cm³/mol. The topological polar surface area (TPSA) is 55.2 Å². The van der Waals surface area contributed by atoms with Gasteiger partial charge in [0, 0.05) is 18.0 Å². The molecule has 1 rings (SSSR count). The van der Waals surface area contributed by atoms with Gasteiger partial charge in [-0.05, 0) is 6.92 Å². The monoisotopic (exact) mass is 149 g/mol. The number of aliphatic imine (C=N–C) groups is 1. The van der Waals surface area contributed by atoms with Gasteiger partial charge in [0.2, 0.25) is 6.08 Å². The first-order chi connectivity index (χ1) is 5.34. The van der Waals surface area contributed by atoms with Crippen molar-refractivity contribution in [3.05, 3.63) is 24.3 Å². The summed E-state index contributed by atoms with van der Waals surface area (Å²) in [5, 5.41) is 0. The molecule has 56 valence electrons. The van der Waals surface area contributed by atoms with E-state index in [1.165, 1.54) is 12.4 Å². The van der Waals surface area contributed by atoms with E-state index >= 15 is 0 Å². The third-order valence-electron chi connectivity index (χ3n) is 1.31. The number of carbonyl (C=O) groups excluding carboxylic acids is 1. The zero-order valence-corrected chi connectivity index (χ0v) is 6.06. The lowest BCUT2D eigenvalue weighted by Gasteiger charge is -1.99. The third kappa shape index (κ3) is 1.95. The standard InChI is InChI=1S/C7H7N3O/c1-6(10-5-11)7-2-8-4-9-3-7/h2-4,6H,1H3. The highest BCUT2D eigenvalue weighted by molar-refractivity contribution is 5.34. The van der Waals surface area contributed by atoms with Crippen LogP contribution >= 0.6 is 0 Å². The van der Waals surface area contributed by atoms with Crippen molar-refractivity contribution in [2.75, 3.05) is 0 Å². The molecule has 4 nitrogen and oxygen atoms in total. The summed E-state index contributed by atoms with van der Waals surface area (Å²) < 4.78 is 0. The van der Waals surface area contributed by atoms with E-state index in [-0.39, 0.29) is 6.04 Å². The summed E-state index contributed by atoms with van der Waals surface area (Å²) in [6.07, 6.45) is 6.16. The van der Waals surface area contributed by atoms with E-state index < -0.39 is 0 Å². The molecule has 1 heterocycles. The Hall–Kier alpha value is -1.54. The maximum absolute atomic E-state index is 9.86. The Bertz CT molecular complexity index is 266. The van der Waals surface area contributed by atoms with Gasteiger partial charge in [0.1, 0.15) is 6.33 Å². The van der Waals surface area contributed by atoms with Crippen molar-refractivity contribution < 1.29 is 4.79 Å². The molecule has 0 saturated carbocycles. The average Bonchev–Trinajstić information content (AvgIpc) is 2.07. The van der Waals surface area contributed by atoms with Gasteiger partial charge in [-0.25, -0.2) is 14.8 Å². The Balaban J connectivity index is 2.84. The molecule has 0 aliphatic heterocycles. The van der Waals surface area contributed by atoms with Crippen LogP contribution in [0.25, 0.3) is 0 Å². The first kappa shape index (κ1) is 7.57. The highest BCUT2D eigenvalue weighted by atomic mass is 16.1. The van der Waals surface area contributed by atoms with Gasteiger partial charge >= 0.3 is 0 Å². The highest BCUT2D eigenvalue weighted by Crippen LogP contribution is 2.11. The number of nitrogens with zero attached hydrogens (tertiary/aromatic N) is 3. The van der Waals surface area contributed by atoms with Gasteiger partial charge in [-0.3, -0.25) is 0 Å². The van der Waals surface area contributed by atoms with Gasteiger partial charge in [-0.15, -0.1) is 0 Å². The molecule has 0 spiro atoms. The van der Waals surface area contributed by atoms with Crippen LogP contribution in [0.2, 0.25) is 0 Å². The van der Waals surface area contributed by atoms with Gasteiger partial charge in [-0.2, -0.15) is 4.99 Å². The van der Waals surface area contributed by atoms with Gasteiger partial charge in [0.25, 0.3) is 0 Å². The van der Waals surface area contributed by atoms with Crippen LogP contribution in [-0.2, 0) is 4.79 Å². The van der Waals surface area contributed by atoms with Crippen LogP contribution in [-0.4, -0.2) is 16.0 Å². The van der Waals surface area contributed by atoms with Gasteiger partial charge in [-0.1, -0.05) is 0 Å². The predicted octanol–water partition coefficient (Wildman–Crippen LogP) is 0.873. The highest BCUT2D eigenvalue weighted by Gasteiger charge is 2.01. The fourth-order valence-electron chi connectivity index (χ4n) is 0.680. The molecule has 11 heavy (non-hydrogen) atoms. The lowest BCUT2D eigenvalue weighted by atomic mass is 10.2. The van der Waals surface area contributed by atoms with E-state index in [2.05, 4.69) is 15.0 Å². The van der Waals surface area contributed by atoms with Crippen LogP contribution in [0.3, 0.4) is 0 Å². The Kier molecular flexibility index (Phi) is 2.47. The minimum Gasteiger partial charge on any atom is -0.244 e. The molecule has 4 heteroatoms. The number of hydrogen-bond donors (Lipinski definition) is 0. The van der Waals surface area contributed by atoms with Crippen molar-refractivity contribution in [1.29, 1.82) is 0 Å². The average molecular weight is 149 g/mol. The summed E-state index contributed by atoms with van der Waals surface area (Å²) in [7, 11) is 0. The number of hydrogen-bond acceptors (Lipinski definition) is 4. The molecule has 0 bridgehead atoms. The van der Waals surface area contributed by atoms with Crippen molar-refractivity contribution in [3.8, 4) is 0 Å². The van der Waals surface area contributed by atoms with Crippen LogP contribution in [0.5, 0.6) is 0 Å². The second-order valence-electron chi connectivity index (χ2n) is 2.07. The lowest BCUT2D eigenvalue weighted by Crippen LogP contribution is -1.90. The quantitative estimate of drug-likeness (QED) is 0.463. The van der Waals surface area contributed by atoms with Crippen molar-refractivity contribution in [3.63, 3.8) is 0 Å². The van der Waals surface area contributed by atoms with Crippen LogP contribution in [0, 0.1) is 0 Å². The minimum absolute atomic E-state index is 0.200. The van der Waals surface area contributed by atoms with E-state index in [0.29, 0.717) is 0 Å². The second-order valence-corrected chi connectivity index (χ2v) is 2.07. The smallest absolute Gasteiger partial charge is 0.235 e. The maximum atomic E-state index is 9.86. The lowest BCUT2D eigenvalue weighted by molar-refractivity contribution is 0.559. The summed E-state index contributed by atoms with van der Waals surface area (Å²) in [6.45, 7) is 1.78. The summed E-state index contributed by atoms with van der Waals surface area (Å²) >= 11 is 0. The van der Waals surface area contributed by atoms with Gasteiger partial charge in [0.15, 0.2) is 0 Å². The van der Waals surface area contributed by atoms with Crippen molar-refractivity contribution in [2.45, 2.75) is 13.0 Å². The molecule has 0 N–H and O–H groups in total. The zero-order chi connectivity index (χ0) is 8.10.